The van der Waals surface area contributed by atoms with E-state index in [1.807, 2.05) is 36.4 Å². The molecule has 1 unspecified atom stereocenters. The van der Waals surface area contributed by atoms with E-state index in [1.54, 1.807) is 31.2 Å². The third-order valence-corrected chi connectivity index (χ3v) is 5.94. The van der Waals surface area contributed by atoms with Gasteiger partial charge in [0.2, 0.25) is 10.0 Å². The molecular formula is C22H22N2O4S. The Labute approximate surface area is 170 Å². The SMILES string of the molecule is COc1ccc(S(=O)(=O)NC(C)c2ccccc2)cc1NC(=O)c1ccccc1. The van der Waals surface area contributed by atoms with Crippen LogP contribution in [0.25, 0.3) is 0 Å². The van der Waals surface area contributed by atoms with Crippen molar-refractivity contribution in [2.45, 2.75) is 17.9 Å². The van der Waals surface area contributed by atoms with Crippen molar-refractivity contribution in [2.24, 2.45) is 0 Å². The van der Waals surface area contributed by atoms with Gasteiger partial charge < -0.3 is 10.1 Å². The van der Waals surface area contributed by atoms with E-state index < -0.39 is 16.1 Å². The fourth-order valence-electron chi connectivity index (χ4n) is 2.85. The maximum absolute atomic E-state index is 12.9. The quantitative estimate of drug-likeness (QED) is 0.617. The molecule has 0 heterocycles. The molecule has 1 atom stereocenters. The van der Waals surface area contributed by atoms with Crippen LogP contribution in [-0.4, -0.2) is 21.4 Å². The molecule has 0 aliphatic rings. The summed E-state index contributed by atoms with van der Waals surface area (Å²) in [7, 11) is -2.36. The highest BCUT2D eigenvalue weighted by Crippen LogP contribution is 2.28. The number of carbonyl (C=O) groups is 1. The average molecular weight is 410 g/mol. The average Bonchev–Trinajstić information content (AvgIpc) is 2.74. The molecular weight excluding hydrogens is 388 g/mol. The molecule has 0 radical (unpaired) electrons. The fraction of sp³-hybridized carbons (Fsp3) is 0.136. The first kappa shape index (κ1) is 20.6. The van der Waals surface area contributed by atoms with Gasteiger partial charge in [0, 0.05) is 11.6 Å². The Hall–Kier alpha value is -3.16. The summed E-state index contributed by atoms with van der Waals surface area (Å²) in [5.74, 6) is 0.00778. The summed E-state index contributed by atoms with van der Waals surface area (Å²) in [5.41, 5.74) is 1.58. The summed E-state index contributed by atoms with van der Waals surface area (Å²) >= 11 is 0. The van der Waals surface area contributed by atoms with Gasteiger partial charge in [0.05, 0.1) is 17.7 Å². The van der Waals surface area contributed by atoms with Gasteiger partial charge in [-0.2, -0.15) is 0 Å². The second kappa shape index (κ2) is 8.89. The van der Waals surface area contributed by atoms with Crippen molar-refractivity contribution >= 4 is 21.6 Å². The van der Waals surface area contributed by atoms with E-state index in [0.717, 1.165) is 5.56 Å². The van der Waals surface area contributed by atoms with E-state index >= 15 is 0 Å². The van der Waals surface area contributed by atoms with E-state index in [1.165, 1.54) is 25.3 Å². The van der Waals surface area contributed by atoms with Crippen LogP contribution in [0.5, 0.6) is 5.75 Å². The largest absolute Gasteiger partial charge is 0.495 e. The van der Waals surface area contributed by atoms with Gasteiger partial charge in [-0.05, 0) is 42.8 Å². The van der Waals surface area contributed by atoms with E-state index in [2.05, 4.69) is 10.0 Å². The van der Waals surface area contributed by atoms with Crippen molar-refractivity contribution in [3.05, 3.63) is 90.0 Å². The minimum atomic E-state index is -3.81. The molecule has 0 saturated heterocycles. The third-order valence-electron chi connectivity index (χ3n) is 4.40. The summed E-state index contributed by atoms with van der Waals surface area (Å²) in [6.45, 7) is 1.77. The van der Waals surface area contributed by atoms with Crippen LogP contribution in [0.4, 0.5) is 5.69 Å². The van der Waals surface area contributed by atoms with E-state index in [-0.39, 0.29) is 16.5 Å². The number of anilines is 1. The highest BCUT2D eigenvalue weighted by atomic mass is 32.2. The van der Waals surface area contributed by atoms with Gasteiger partial charge in [0.15, 0.2) is 0 Å². The third kappa shape index (κ3) is 5.01. The van der Waals surface area contributed by atoms with Crippen molar-refractivity contribution in [3.8, 4) is 5.75 Å². The zero-order valence-corrected chi connectivity index (χ0v) is 16.9. The molecule has 0 spiro atoms. The summed E-state index contributed by atoms with van der Waals surface area (Å²) in [6.07, 6.45) is 0. The van der Waals surface area contributed by atoms with Crippen LogP contribution in [0, 0.1) is 0 Å². The summed E-state index contributed by atoms with van der Waals surface area (Å²) in [6, 6.07) is 21.9. The molecule has 3 aromatic rings. The highest BCUT2D eigenvalue weighted by Gasteiger charge is 2.21. The summed E-state index contributed by atoms with van der Waals surface area (Å²) < 4.78 is 33.6. The minimum absolute atomic E-state index is 0.0319. The normalized spacial score (nSPS) is 12.2. The number of carbonyl (C=O) groups excluding carboxylic acids is 1. The fourth-order valence-corrected chi connectivity index (χ4v) is 4.10. The first-order valence-corrected chi connectivity index (χ1v) is 10.5. The first-order chi connectivity index (χ1) is 13.9. The second-order valence-electron chi connectivity index (χ2n) is 6.44. The minimum Gasteiger partial charge on any atom is -0.495 e. The standard InChI is InChI=1S/C22H22N2O4S/c1-16(17-9-5-3-6-10-17)24-29(26,27)19-13-14-21(28-2)20(15-19)23-22(25)18-11-7-4-8-12-18/h3-16,24H,1-2H3,(H,23,25). The molecule has 0 fully saturated rings. The van der Waals surface area contributed by atoms with Crippen molar-refractivity contribution < 1.29 is 17.9 Å². The van der Waals surface area contributed by atoms with Crippen LogP contribution >= 0.6 is 0 Å². The number of rotatable bonds is 7. The zero-order chi connectivity index (χ0) is 20.9. The molecule has 1 amide bonds. The zero-order valence-electron chi connectivity index (χ0n) is 16.1. The number of amides is 1. The molecule has 6 nitrogen and oxygen atoms in total. The second-order valence-corrected chi connectivity index (χ2v) is 8.15. The number of benzene rings is 3. The van der Waals surface area contributed by atoms with Gasteiger partial charge in [-0.1, -0.05) is 48.5 Å². The molecule has 150 valence electrons. The van der Waals surface area contributed by atoms with Crippen molar-refractivity contribution in [2.75, 3.05) is 12.4 Å². The predicted molar refractivity (Wildman–Crippen MR) is 113 cm³/mol. The van der Waals surface area contributed by atoms with Crippen LogP contribution in [0.3, 0.4) is 0 Å². The first-order valence-electron chi connectivity index (χ1n) is 9.02. The predicted octanol–water partition coefficient (Wildman–Crippen LogP) is 3.99. The van der Waals surface area contributed by atoms with Gasteiger partial charge in [0.25, 0.3) is 5.91 Å². The van der Waals surface area contributed by atoms with Crippen molar-refractivity contribution in [3.63, 3.8) is 0 Å². The van der Waals surface area contributed by atoms with Gasteiger partial charge in [0.1, 0.15) is 5.75 Å². The summed E-state index contributed by atoms with van der Waals surface area (Å²) in [4.78, 5) is 12.5. The molecule has 0 aliphatic carbocycles. The van der Waals surface area contributed by atoms with Gasteiger partial charge in [-0.15, -0.1) is 0 Å². The highest BCUT2D eigenvalue weighted by molar-refractivity contribution is 7.89. The number of sulfonamides is 1. The lowest BCUT2D eigenvalue weighted by atomic mass is 10.1. The Morgan fingerprint density at radius 3 is 2.17 bits per heavy atom. The van der Waals surface area contributed by atoms with Crippen molar-refractivity contribution in [1.29, 1.82) is 0 Å². The Kier molecular flexibility index (Phi) is 6.31. The Morgan fingerprint density at radius 1 is 0.931 bits per heavy atom. The maximum atomic E-state index is 12.9. The van der Waals surface area contributed by atoms with Crippen LogP contribution in [-0.2, 0) is 10.0 Å². The van der Waals surface area contributed by atoms with Crippen molar-refractivity contribution in [1.82, 2.24) is 4.72 Å². The Bertz CT molecular complexity index is 1080. The van der Waals surface area contributed by atoms with E-state index in [0.29, 0.717) is 11.3 Å². The Morgan fingerprint density at radius 2 is 1.55 bits per heavy atom. The van der Waals surface area contributed by atoms with Crippen LogP contribution in [0.1, 0.15) is 28.9 Å². The molecule has 29 heavy (non-hydrogen) atoms. The number of hydrogen-bond acceptors (Lipinski definition) is 4. The lowest BCUT2D eigenvalue weighted by molar-refractivity contribution is 0.102. The molecule has 0 saturated carbocycles. The summed E-state index contributed by atoms with van der Waals surface area (Å²) in [5, 5.41) is 2.72. The topological polar surface area (TPSA) is 84.5 Å². The molecule has 0 aliphatic heterocycles. The monoisotopic (exact) mass is 410 g/mol. The lowest BCUT2D eigenvalue weighted by Crippen LogP contribution is -2.27. The molecule has 3 rings (SSSR count). The number of hydrogen-bond donors (Lipinski definition) is 2. The molecule has 0 bridgehead atoms. The lowest BCUT2D eigenvalue weighted by Gasteiger charge is -2.16. The van der Waals surface area contributed by atoms with E-state index in [9.17, 15) is 13.2 Å². The van der Waals surface area contributed by atoms with Gasteiger partial charge in [-0.3, -0.25) is 4.79 Å². The maximum Gasteiger partial charge on any atom is 0.255 e. The smallest absolute Gasteiger partial charge is 0.255 e. The molecule has 2 N–H and O–H groups in total. The van der Waals surface area contributed by atoms with Gasteiger partial charge >= 0.3 is 0 Å². The van der Waals surface area contributed by atoms with Crippen LogP contribution in [0.2, 0.25) is 0 Å². The Balaban J connectivity index is 1.86. The van der Waals surface area contributed by atoms with Gasteiger partial charge in [-0.25, -0.2) is 13.1 Å². The van der Waals surface area contributed by atoms with Crippen LogP contribution < -0.4 is 14.8 Å². The number of methoxy groups -OCH3 is 1. The number of ether oxygens (including phenoxy) is 1. The van der Waals surface area contributed by atoms with Crippen LogP contribution in [0.15, 0.2) is 83.8 Å². The number of nitrogens with one attached hydrogen (secondary N) is 2. The molecule has 3 aromatic carbocycles. The molecule has 7 heteroatoms. The molecule has 0 aromatic heterocycles. The van der Waals surface area contributed by atoms with E-state index in [4.69, 9.17) is 4.74 Å².